The lowest BCUT2D eigenvalue weighted by Crippen LogP contribution is -1.98. The lowest BCUT2D eigenvalue weighted by molar-refractivity contribution is 0.628. The van der Waals surface area contributed by atoms with E-state index in [1.165, 1.54) is 12.1 Å². The Morgan fingerprint density at radius 2 is 1.93 bits per heavy atom. The first kappa shape index (κ1) is 9.71. The third kappa shape index (κ3) is 2.15. The van der Waals surface area contributed by atoms with Crippen molar-refractivity contribution in [2.24, 2.45) is 7.05 Å². The summed E-state index contributed by atoms with van der Waals surface area (Å²) in [6, 6.07) is 6.19. The van der Waals surface area contributed by atoms with Crippen LogP contribution in [0.3, 0.4) is 0 Å². The second kappa shape index (κ2) is 3.73. The third-order valence-electron chi connectivity index (χ3n) is 2.10. The molecule has 0 aliphatic carbocycles. The smallest absolute Gasteiger partial charge is 0.207 e. The van der Waals surface area contributed by atoms with Crippen molar-refractivity contribution >= 4 is 11.6 Å². The zero-order valence-corrected chi connectivity index (χ0v) is 8.66. The number of hydrogen-bond donors (Lipinski definition) is 1. The first-order valence-electron chi connectivity index (χ1n) is 4.68. The summed E-state index contributed by atoms with van der Waals surface area (Å²) in [5, 5.41) is 3.11. The molecule has 1 heterocycles. The average Bonchev–Trinajstić information content (AvgIpc) is 2.49. The molecule has 0 aliphatic heterocycles. The van der Waals surface area contributed by atoms with Gasteiger partial charge in [0, 0.05) is 18.9 Å². The normalized spacial score (nSPS) is 10.3. The molecule has 1 aromatic heterocycles. The maximum atomic E-state index is 12.7. The van der Waals surface area contributed by atoms with Crippen LogP contribution in [0.15, 0.2) is 30.5 Å². The maximum Gasteiger partial charge on any atom is 0.207 e. The molecule has 0 aliphatic rings. The summed E-state index contributed by atoms with van der Waals surface area (Å²) in [4.78, 5) is 4.29. The van der Waals surface area contributed by atoms with Gasteiger partial charge in [-0.2, -0.15) is 0 Å². The van der Waals surface area contributed by atoms with E-state index in [0.717, 1.165) is 17.3 Å². The molecule has 1 N–H and O–H groups in total. The van der Waals surface area contributed by atoms with Crippen molar-refractivity contribution in [2.45, 2.75) is 6.92 Å². The summed E-state index contributed by atoms with van der Waals surface area (Å²) in [6.45, 7) is 1.93. The van der Waals surface area contributed by atoms with Crippen LogP contribution in [-0.4, -0.2) is 9.55 Å². The highest BCUT2D eigenvalue weighted by Crippen LogP contribution is 2.15. The molecule has 3 nitrogen and oxygen atoms in total. The zero-order chi connectivity index (χ0) is 10.8. The van der Waals surface area contributed by atoms with Crippen LogP contribution in [0.2, 0.25) is 0 Å². The minimum Gasteiger partial charge on any atom is -0.326 e. The summed E-state index contributed by atoms with van der Waals surface area (Å²) in [7, 11) is 1.91. The number of imidazole rings is 1. The predicted molar refractivity (Wildman–Crippen MR) is 57.6 cm³/mol. The van der Waals surface area contributed by atoms with E-state index in [1.54, 1.807) is 12.1 Å². The molecule has 4 heteroatoms. The van der Waals surface area contributed by atoms with Crippen LogP contribution in [0.4, 0.5) is 16.0 Å². The Morgan fingerprint density at radius 1 is 1.27 bits per heavy atom. The van der Waals surface area contributed by atoms with Crippen molar-refractivity contribution in [3.63, 3.8) is 0 Å². The van der Waals surface area contributed by atoms with Gasteiger partial charge in [-0.1, -0.05) is 0 Å². The van der Waals surface area contributed by atoms with Gasteiger partial charge in [0.25, 0.3) is 0 Å². The summed E-state index contributed by atoms with van der Waals surface area (Å²) >= 11 is 0. The zero-order valence-electron chi connectivity index (χ0n) is 8.66. The van der Waals surface area contributed by atoms with E-state index in [4.69, 9.17) is 0 Å². The molecule has 0 amide bonds. The standard InChI is InChI=1S/C11H12FN3/c1-8-7-15(2)11(13-8)14-10-5-3-9(12)4-6-10/h3-7H,1-2H3,(H,13,14). The maximum absolute atomic E-state index is 12.7. The fourth-order valence-corrected chi connectivity index (χ4v) is 1.39. The molecule has 0 fully saturated rings. The van der Waals surface area contributed by atoms with Gasteiger partial charge in [-0.3, -0.25) is 0 Å². The molecule has 15 heavy (non-hydrogen) atoms. The molecule has 0 unspecified atom stereocenters. The van der Waals surface area contributed by atoms with Gasteiger partial charge in [0.1, 0.15) is 5.82 Å². The number of aromatic nitrogens is 2. The fourth-order valence-electron chi connectivity index (χ4n) is 1.39. The number of aryl methyl sites for hydroxylation is 2. The summed E-state index contributed by atoms with van der Waals surface area (Å²) in [6.07, 6.45) is 1.92. The van der Waals surface area contributed by atoms with Crippen molar-refractivity contribution in [3.8, 4) is 0 Å². The largest absolute Gasteiger partial charge is 0.326 e. The Bertz CT molecular complexity index is 459. The van der Waals surface area contributed by atoms with Crippen LogP contribution in [0, 0.1) is 12.7 Å². The van der Waals surface area contributed by atoms with Crippen molar-refractivity contribution in [1.29, 1.82) is 0 Å². The van der Waals surface area contributed by atoms with Crippen LogP contribution >= 0.6 is 0 Å². The summed E-state index contributed by atoms with van der Waals surface area (Å²) in [5.41, 5.74) is 1.77. The monoisotopic (exact) mass is 205 g/mol. The van der Waals surface area contributed by atoms with Gasteiger partial charge < -0.3 is 9.88 Å². The molecule has 1 aromatic carbocycles. The average molecular weight is 205 g/mol. The molecule has 0 saturated heterocycles. The van der Waals surface area contributed by atoms with E-state index in [0.29, 0.717) is 0 Å². The van der Waals surface area contributed by atoms with Gasteiger partial charge in [0.15, 0.2) is 0 Å². The lowest BCUT2D eigenvalue weighted by Gasteiger charge is -2.04. The Morgan fingerprint density at radius 3 is 2.47 bits per heavy atom. The summed E-state index contributed by atoms with van der Waals surface area (Å²) in [5.74, 6) is 0.510. The molecule has 0 radical (unpaired) electrons. The van der Waals surface area contributed by atoms with Crippen molar-refractivity contribution in [2.75, 3.05) is 5.32 Å². The van der Waals surface area contributed by atoms with Crippen LogP contribution in [0.25, 0.3) is 0 Å². The Hall–Kier alpha value is -1.84. The molecule has 2 aromatic rings. The third-order valence-corrected chi connectivity index (χ3v) is 2.10. The van der Waals surface area contributed by atoms with Gasteiger partial charge in [-0.25, -0.2) is 9.37 Å². The Balaban J connectivity index is 2.21. The van der Waals surface area contributed by atoms with Gasteiger partial charge in [0.2, 0.25) is 5.95 Å². The summed E-state index contributed by atoms with van der Waals surface area (Å²) < 4.78 is 14.5. The van der Waals surface area contributed by atoms with Crippen molar-refractivity contribution in [3.05, 3.63) is 42.0 Å². The first-order chi connectivity index (χ1) is 7.15. The fraction of sp³-hybridized carbons (Fsp3) is 0.182. The molecule has 0 spiro atoms. The van der Waals surface area contributed by atoms with Crippen LogP contribution < -0.4 is 5.32 Å². The van der Waals surface area contributed by atoms with E-state index >= 15 is 0 Å². The van der Waals surface area contributed by atoms with Crippen LogP contribution in [0.5, 0.6) is 0 Å². The highest BCUT2D eigenvalue weighted by atomic mass is 19.1. The molecule has 0 atom stereocenters. The molecular weight excluding hydrogens is 193 g/mol. The minimum atomic E-state index is -0.239. The minimum absolute atomic E-state index is 0.239. The predicted octanol–water partition coefficient (Wildman–Crippen LogP) is 2.61. The molecule has 78 valence electrons. The number of benzene rings is 1. The highest BCUT2D eigenvalue weighted by molar-refractivity contribution is 5.53. The van der Waals surface area contributed by atoms with E-state index in [1.807, 2.05) is 24.7 Å². The highest BCUT2D eigenvalue weighted by Gasteiger charge is 2.01. The lowest BCUT2D eigenvalue weighted by atomic mass is 10.3. The number of hydrogen-bond acceptors (Lipinski definition) is 2. The molecule has 2 rings (SSSR count). The van der Waals surface area contributed by atoms with E-state index < -0.39 is 0 Å². The number of nitrogens with zero attached hydrogens (tertiary/aromatic N) is 2. The van der Waals surface area contributed by atoms with E-state index in [-0.39, 0.29) is 5.82 Å². The number of halogens is 1. The van der Waals surface area contributed by atoms with Crippen molar-refractivity contribution in [1.82, 2.24) is 9.55 Å². The van der Waals surface area contributed by atoms with Crippen LogP contribution in [0.1, 0.15) is 5.69 Å². The number of rotatable bonds is 2. The molecule has 0 bridgehead atoms. The Kier molecular flexibility index (Phi) is 2.41. The van der Waals surface area contributed by atoms with Gasteiger partial charge >= 0.3 is 0 Å². The topological polar surface area (TPSA) is 29.9 Å². The SMILES string of the molecule is Cc1cn(C)c(Nc2ccc(F)cc2)n1. The van der Waals surface area contributed by atoms with E-state index in [9.17, 15) is 4.39 Å². The molecule has 0 saturated carbocycles. The Labute approximate surface area is 87.6 Å². The second-order valence-electron chi connectivity index (χ2n) is 3.45. The van der Waals surface area contributed by atoms with Crippen molar-refractivity contribution < 1.29 is 4.39 Å². The number of anilines is 2. The van der Waals surface area contributed by atoms with Crippen LogP contribution in [-0.2, 0) is 7.05 Å². The van der Waals surface area contributed by atoms with Gasteiger partial charge in [-0.15, -0.1) is 0 Å². The quantitative estimate of drug-likeness (QED) is 0.816. The van der Waals surface area contributed by atoms with E-state index in [2.05, 4.69) is 10.3 Å². The second-order valence-corrected chi connectivity index (χ2v) is 3.45. The van der Waals surface area contributed by atoms with Gasteiger partial charge in [-0.05, 0) is 31.2 Å². The number of nitrogens with one attached hydrogen (secondary N) is 1. The van der Waals surface area contributed by atoms with Gasteiger partial charge in [0.05, 0.1) is 5.69 Å². The first-order valence-corrected chi connectivity index (χ1v) is 4.68. The molecular formula is C11H12FN3.